The van der Waals surface area contributed by atoms with Crippen molar-refractivity contribution in [3.05, 3.63) is 41.2 Å². The number of carboxylic acid groups (broad SMARTS) is 1. The summed E-state index contributed by atoms with van der Waals surface area (Å²) < 4.78 is 6.83. The molecule has 1 amide bonds. The van der Waals surface area contributed by atoms with Gasteiger partial charge >= 0.3 is 5.97 Å². The maximum absolute atomic E-state index is 12.3. The van der Waals surface area contributed by atoms with E-state index < -0.39 is 5.97 Å². The maximum Gasteiger partial charge on any atom is 0.358 e. The Morgan fingerprint density at radius 2 is 1.93 bits per heavy atom. The first kappa shape index (κ1) is 20.0. The Balaban J connectivity index is 1.63. The van der Waals surface area contributed by atoms with Crippen LogP contribution in [0.1, 0.15) is 39.9 Å². The van der Waals surface area contributed by atoms with Crippen LogP contribution in [0.4, 0.5) is 0 Å². The van der Waals surface area contributed by atoms with Crippen molar-refractivity contribution in [2.75, 3.05) is 39.4 Å². The molecule has 0 unspecified atom stereocenters. The Labute approximate surface area is 163 Å². The van der Waals surface area contributed by atoms with Crippen molar-refractivity contribution in [1.82, 2.24) is 25.2 Å². The van der Waals surface area contributed by atoms with E-state index in [0.717, 1.165) is 39.3 Å². The molecule has 1 aliphatic rings. The number of aromatic nitrogens is 3. The molecule has 1 aliphatic heterocycles. The summed E-state index contributed by atoms with van der Waals surface area (Å²) in [7, 11) is 0. The van der Waals surface area contributed by atoms with Gasteiger partial charge in [-0.3, -0.25) is 9.69 Å². The Hall–Kier alpha value is -2.78. The summed E-state index contributed by atoms with van der Waals surface area (Å²) in [6, 6.07) is 6.90. The normalized spacial score (nSPS) is 14.8. The van der Waals surface area contributed by atoms with Gasteiger partial charge in [-0.2, -0.15) is 0 Å². The fourth-order valence-corrected chi connectivity index (χ4v) is 3.14. The predicted molar refractivity (Wildman–Crippen MR) is 102 cm³/mol. The van der Waals surface area contributed by atoms with Crippen LogP contribution in [0.25, 0.3) is 5.69 Å². The highest BCUT2D eigenvalue weighted by atomic mass is 16.5. The van der Waals surface area contributed by atoms with Gasteiger partial charge < -0.3 is 15.2 Å². The maximum atomic E-state index is 12.3. The lowest BCUT2D eigenvalue weighted by Crippen LogP contribution is -2.41. The summed E-state index contributed by atoms with van der Waals surface area (Å²) in [4.78, 5) is 25.9. The minimum Gasteiger partial charge on any atom is -0.476 e. The van der Waals surface area contributed by atoms with Gasteiger partial charge in [0.1, 0.15) is 0 Å². The number of hydrogen-bond acceptors (Lipinski definition) is 6. The van der Waals surface area contributed by atoms with Gasteiger partial charge in [0.2, 0.25) is 0 Å². The lowest BCUT2D eigenvalue weighted by molar-refractivity contribution is 0.0383. The third-order valence-corrected chi connectivity index (χ3v) is 4.64. The van der Waals surface area contributed by atoms with E-state index in [4.69, 9.17) is 4.74 Å². The van der Waals surface area contributed by atoms with Crippen LogP contribution in [0.3, 0.4) is 0 Å². The minimum atomic E-state index is -1.09. The monoisotopic (exact) mass is 387 g/mol. The molecule has 2 aromatic rings. The number of hydrogen-bond donors (Lipinski definition) is 2. The molecular formula is C19H25N5O4. The summed E-state index contributed by atoms with van der Waals surface area (Å²) >= 11 is 0. The number of ether oxygens (including phenoxy) is 1. The summed E-state index contributed by atoms with van der Waals surface area (Å²) in [5.74, 6) is -1.23. The highest BCUT2D eigenvalue weighted by molar-refractivity contribution is 5.94. The van der Waals surface area contributed by atoms with Crippen LogP contribution >= 0.6 is 0 Å². The van der Waals surface area contributed by atoms with E-state index in [0.29, 0.717) is 29.9 Å². The molecule has 0 aliphatic carbocycles. The molecule has 2 N–H and O–H groups in total. The zero-order valence-corrected chi connectivity index (χ0v) is 15.9. The van der Waals surface area contributed by atoms with E-state index >= 15 is 0 Å². The van der Waals surface area contributed by atoms with Crippen LogP contribution in [0, 0.1) is 0 Å². The number of nitrogens with one attached hydrogen (secondary N) is 1. The van der Waals surface area contributed by atoms with E-state index in [1.165, 1.54) is 4.68 Å². The first-order valence-corrected chi connectivity index (χ1v) is 9.46. The third kappa shape index (κ3) is 4.73. The number of amides is 1. The van der Waals surface area contributed by atoms with Crippen molar-refractivity contribution in [2.45, 2.75) is 19.8 Å². The average molecular weight is 387 g/mol. The standard InChI is InChI=1S/C19H25N5O4/c1-2-3-16-17(19(26)27)21-22-24(16)15-6-4-14(5-7-15)18(25)20-8-9-23-10-12-28-13-11-23/h4-7H,2-3,8-13H2,1H3,(H,20,25)(H,26,27). The second-order valence-corrected chi connectivity index (χ2v) is 6.61. The number of aromatic carboxylic acids is 1. The van der Waals surface area contributed by atoms with Crippen LogP contribution in [0.2, 0.25) is 0 Å². The molecule has 1 fully saturated rings. The number of carbonyl (C=O) groups excluding carboxylic acids is 1. The average Bonchev–Trinajstić information content (AvgIpc) is 3.13. The zero-order chi connectivity index (χ0) is 19.9. The molecule has 1 saturated heterocycles. The molecule has 1 aromatic carbocycles. The number of carboxylic acids is 1. The van der Waals surface area contributed by atoms with Crippen LogP contribution in [-0.2, 0) is 11.2 Å². The molecule has 9 nitrogen and oxygen atoms in total. The second kappa shape index (κ2) is 9.43. The lowest BCUT2D eigenvalue weighted by Gasteiger charge is -2.26. The van der Waals surface area contributed by atoms with Crippen LogP contribution in [0.15, 0.2) is 24.3 Å². The Kier molecular flexibility index (Phi) is 6.72. The summed E-state index contributed by atoms with van der Waals surface area (Å²) in [5.41, 5.74) is 1.74. The van der Waals surface area contributed by atoms with Crippen LogP contribution in [-0.4, -0.2) is 76.3 Å². The summed E-state index contributed by atoms with van der Waals surface area (Å²) in [6.45, 7) is 6.59. The summed E-state index contributed by atoms with van der Waals surface area (Å²) in [6.07, 6.45) is 1.33. The van der Waals surface area contributed by atoms with Crippen molar-refractivity contribution in [2.24, 2.45) is 0 Å². The van der Waals surface area contributed by atoms with Gasteiger partial charge in [0.25, 0.3) is 5.91 Å². The molecule has 9 heteroatoms. The van der Waals surface area contributed by atoms with Gasteiger partial charge in [0, 0.05) is 31.7 Å². The van der Waals surface area contributed by atoms with Gasteiger partial charge in [-0.05, 0) is 30.7 Å². The molecule has 2 heterocycles. The van der Waals surface area contributed by atoms with Crippen molar-refractivity contribution in [1.29, 1.82) is 0 Å². The topological polar surface area (TPSA) is 110 Å². The van der Waals surface area contributed by atoms with Crippen molar-refractivity contribution >= 4 is 11.9 Å². The fraction of sp³-hybridized carbons (Fsp3) is 0.474. The molecule has 0 spiro atoms. The fourth-order valence-electron chi connectivity index (χ4n) is 3.14. The Morgan fingerprint density at radius 3 is 2.57 bits per heavy atom. The van der Waals surface area contributed by atoms with Crippen LogP contribution in [0.5, 0.6) is 0 Å². The van der Waals surface area contributed by atoms with Crippen LogP contribution < -0.4 is 5.32 Å². The molecule has 0 saturated carbocycles. The molecule has 150 valence electrons. The lowest BCUT2D eigenvalue weighted by atomic mass is 10.1. The minimum absolute atomic E-state index is 0.0354. The molecule has 0 radical (unpaired) electrons. The number of nitrogens with zero attached hydrogens (tertiary/aromatic N) is 4. The van der Waals surface area contributed by atoms with Gasteiger partial charge in [0.15, 0.2) is 5.69 Å². The molecule has 3 rings (SSSR count). The largest absolute Gasteiger partial charge is 0.476 e. The molecular weight excluding hydrogens is 362 g/mol. The van der Waals surface area contributed by atoms with Crippen molar-refractivity contribution in [3.63, 3.8) is 0 Å². The Bertz CT molecular complexity index is 812. The molecule has 0 atom stereocenters. The molecule has 1 aromatic heterocycles. The van der Waals surface area contributed by atoms with Crippen molar-refractivity contribution < 1.29 is 19.4 Å². The highest BCUT2D eigenvalue weighted by Crippen LogP contribution is 2.16. The first-order chi connectivity index (χ1) is 13.6. The third-order valence-electron chi connectivity index (χ3n) is 4.64. The van der Waals surface area contributed by atoms with E-state index in [2.05, 4.69) is 20.5 Å². The SMILES string of the molecule is CCCc1c(C(=O)O)nnn1-c1ccc(C(=O)NCCN2CCOCC2)cc1. The van der Waals surface area contributed by atoms with E-state index in [-0.39, 0.29) is 11.6 Å². The molecule has 28 heavy (non-hydrogen) atoms. The second-order valence-electron chi connectivity index (χ2n) is 6.61. The number of benzene rings is 1. The van der Waals surface area contributed by atoms with E-state index in [9.17, 15) is 14.7 Å². The number of morpholine rings is 1. The van der Waals surface area contributed by atoms with Crippen molar-refractivity contribution in [3.8, 4) is 5.69 Å². The summed E-state index contributed by atoms with van der Waals surface area (Å²) in [5, 5.41) is 19.9. The Morgan fingerprint density at radius 1 is 1.21 bits per heavy atom. The number of rotatable bonds is 8. The highest BCUT2D eigenvalue weighted by Gasteiger charge is 2.19. The predicted octanol–water partition coefficient (Wildman–Crippen LogP) is 0.980. The number of carbonyl (C=O) groups is 2. The zero-order valence-electron chi connectivity index (χ0n) is 15.9. The van der Waals surface area contributed by atoms with Gasteiger partial charge in [0.05, 0.1) is 24.6 Å². The van der Waals surface area contributed by atoms with E-state index in [1.54, 1.807) is 24.3 Å². The van der Waals surface area contributed by atoms with Gasteiger partial charge in [-0.25, -0.2) is 9.48 Å². The van der Waals surface area contributed by atoms with E-state index in [1.807, 2.05) is 6.92 Å². The quantitative estimate of drug-likeness (QED) is 0.695. The molecule has 0 bridgehead atoms. The van der Waals surface area contributed by atoms with Gasteiger partial charge in [-0.1, -0.05) is 18.6 Å². The smallest absolute Gasteiger partial charge is 0.358 e. The first-order valence-electron chi connectivity index (χ1n) is 9.46. The van der Waals surface area contributed by atoms with Gasteiger partial charge in [-0.15, -0.1) is 5.10 Å².